The normalized spacial score (nSPS) is 11.2. The molecule has 40 heavy (non-hydrogen) atoms. The number of aromatic nitrogens is 2. The standard InChI is InChI=1S/C30H25BrN4O4S/c1-19-26(22-11-7-4-8-12-22)27-29(40-19)32-18-35(30(27)37)16-25(36)34-33-15-21-13-23(31)28(24(14-21)38-2)39-17-20-9-5-3-6-10-20/h3-15,18H,16-17H2,1-2H3,(H,34,36). The lowest BCUT2D eigenvalue weighted by molar-refractivity contribution is -0.121. The van der Waals surface area contributed by atoms with Gasteiger partial charge in [-0.2, -0.15) is 5.10 Å². The number of hydrazone groups is 1. The Morgan fingerprint density at radius 3 is 2.58 bits per heavy atom. The second kappa shape index (κ2) is 12.3. The average molecular weight is 618 g/mol. The molecule has 3 aromatic carbocycles. The highest BCUT2D eigenvalue weighted by molar-refractivity contribution is 9.10. The number of benzene rings is 3. The minimum absolute atomic E-state index is 0.221. The van der Waals surface area contributed by atoms with Crippen molar-refractivity contribution in [1.82, 2.24) is 15.0 Å². The number of halogens is 1. The second-order valence-corrected chi connectivity index (χ2v) is 10.9. The van der Waals surface area contributed by atoms with Crippen LogP contribution in [0, 0.1) is 6.92 Å². The van der Waals surface area contributed by atoms with E-state index in [-0.39, 0.29) is 12.1 Å². The first-order chi connectivity index (χ1) is 19.4. The van der Waals surface area contributed by atoms with E-state index in [1.165, 1.54) is 28.4 Å². The van der Waals surface area contributed by atoms with E-state index in [4.69, 9.17) is 9.47 Å². The minimum atomic E-state index is -0.457. The first-order valence-electron chi connectivity index (χ1n) is 12.3. The van der Waals surface area contributed by atoms with Crippen molar-refractivity contribution in [2.24, 2.45) is 5.10 Å². The van der Waals surface area contributed by atoms with Crippen LogP contribution in [0.2, 0.25) is 0 Å². The molecule has 0 bridgehead atoms. The van der Waals surface area contributed by atoms with Gasteiger partial charge in [0.15, 0.2) is 11.5 Å². The summed E-state index contributed by atoms with van der Waals surface area (Å²) in [5.74, 6) is 0.624. The van der Waals surface area contributed by atoms with Gasteiger partial charge in [0.1, 0.15) is 18.0 Å². The molecular weight excluding hydrogens is 592 g/mol. The third kappa shape index (κ3) is 5.98. The van der Waals surface area contributed by atoms with Gasteiger partial charge in [0.05, 0.1) is 29.5 Å². The lowest BCUT2D eigenvalue weighted by atomic mass is 10.0. The summed E-state index contributed by atoms with van der Waals surface area (Å²) in [6, 6.07) is 23.1. The molecule has 0 aliphatic carbocycles. The highest BCUT2D eigenvalue weighted by Gasteiger charge is 2.18. The van der Waals surface area contributed by atoms with Gasteiger partial charge in [-0.25, -0.2) is 10.4 Å². The number of rotatable bonds is 9. The number of methoxy groups -OCH3 is 1. The fourth-order valence-corrected chi connectivity index (χ4v) is 5.83. The molecule has 2 heterocycles. The molecule has 5 aromatic rings. The largest absolute Gasteiger partial charge is 0.493 e. The van der Waals surface area contributed by atoms with Crippen LogP contribution < -0.4 is 20.5 Å². The number of amides is 1. The first-order valence-corrected chi connectivity index (χ1v) is 14.0. The first kappa shape index (κ1) is 27.3. The van der Waals surface area contributed by atoms with Gasteiger partial charge in [0.25, 0.3) is 11.5 Å². The predicted molar refractivity (Wildman–Crippen MR) is 161 cm³/mol. The molecule has 0 saturated heterocycles. The number of fused-ring (bicyclic) bond motifs is 1. The number of carbonyl (C=O) groups is 1. The third-order valence-electron chi connectivity index (χ3n) is 6.11. The number of hydrogen-bond acceptors (Lipinski definition) is 7. The molecule has 0 aliphatic heterocycles. The maximum atomic E-state index is 13.3. The monoisotopic (exact) mass is 616 g/mol. The molecule has 10 heteroatoms. The van der Waals surface area contributed by atoms with Gasteiger partial charge in [-0.1, -0.05) is 60.7 Å². The van der Waals surface area contributed by atoms with Crippen LogP contribution in [0.5, 0.6) is 11.5 Å². The Hall–Kier alpha value is -4.28. The van der Waals surface area contributed by atoms with Crippen LogP contribution in [0.15, 0.2) is 93.5 Å². The summed E-state index contributed by atoms with van der Waals surface area (Å²) in [7, 11) is 1.56. The van der Waals surface area contributed by atoms with Crippen molar-refractivity contribution in [3.63, 3.8) is 0 Å². The Morgan fingerprint density at radius 1 is 1.12 bits per heavy atom. The van der Waals surface area contributed by atoms with E-state index in [1.54, 1.807) is 13.2 Å². The molecule has 2 aromatic heterocycles. The van der Waals surface area contributed by atoms with Crippen LogP contribution in [0.25, 0.3) is 21.3 Å². The van der Waals surface area contributed by atoms with Crippen LogP contribution in [-0.4, -0.2) is 28.8 Å². The fourth-order valence-electron chi connectivity index (χ4n) is 4.26. The molecule has 5 rings (SSSR count). The quantitative estimate of drug-likeness (QED) is 0.163. The van der Waals surface area contributed by atoms with Crippen LogP contribution in [0.1, 0.15) is 16.0 Å². The highest BCUT2D eigenvalue weighted by atomic mass is 79.9. The summed E-state index contributed by atoms with van der Waals surface area (Å²) in [5.41, 5.74) is 5.71. The number of hydrogen-bond donors (Lipinski definition) is 1. The Morgan fingerprint density at radius 2 is 1.85 bits per heavy atom. The Bertz CT molecular complexity index is 1750. The number of aryl methyl sites for hydroxylation is 1. The van der Waals surface area contributed by atoms with E-state index in [0.29, 0.717) is 38.4 Å². The summed E-state index contributed by atoms with van der Waals surface area (Å²) in [4.78, 5) is 32.1. The van der Waals surface area contributed by atoms with Gasteiger partial charge in [0, 0.05) is 10.4 Å². The summed E-state index contributed by atoms with van der Waals surface area (Å²) < 4.78 is 13.4. The van der Waals surface area contributed by atoms with E-state index >= 15 is 0 Å². The summed E-state index contributed by atoms with van der Waals surface area (Å²) >= 11 is 4.99. The zero-order valence-electron chi connectivity index (χ0n) is 21.8. The van der Waals surface area contributed by atoms with Crippen LogP contribution in [-0.2, 0) is 17.9 Å². The van der Waals surface area contributed by atoms with Gasteiger partial charge in [-0.3, -0.25) is 14.2 Å². The van der Waals surface area contributed by atoms with Crippen LogP contribution in [0.3, 0.4) is 0 Å². The Labute approximate surface area is 243 Å². The summed E-state index contributed by atoms with van der Waals surface area (Å²) in [6.45, 7) is 2.13. The Balaban J connectivity index is 1.28. The van der Waals surface area contributed by atoms with Crippen molar-refractivity contribution in [2.45, 2.75) is 20.1 Å². The van der Waals surface area contributed by atoms with Crippen LogP contribution in [0.4, 0.5) is 0 Å². The molecule has 8 nitrogen and oxygen atoms in total. The number of carbonyl (C=O) groups excluding carboxylic acids is 1. The number of thiophene rings is 1. The SMILES string of the molecule is COc1cc(C=NNC(=O)Cn2cnc3sc(C)c(-c4ccccc4)c3c2=O)cc(Br)c1OCc1ccccc1. The number of nitrogens with one attached hydrogen (secondary N) is 1. The zero-order valence-corrected chi connectivity index (χ0v) is 24.2. The van der Waals surface area contributed by atoms with Crippen molar-refractivity contribution in [2.75, 3.05) is 7.11 Å². The lowest BCUT2D eigenvalue weighted by Gasteiger charge is -2.13. The van der Waals surface area contributed by atoms with E-state index in [9.17, 15) is 9.59 Å². The highest BCUT2D eigenvalue weighted by Crippen LogP contribution is 2.37. The van der Waals surface area contributed by atoms with Crippen LogP contribution >= 0.6 is 27.3 Å². The van der Waals surface area contributed by atoms with Crippen molar-refractivity contribution in [1.29, 1.82) is 0 Å². The second-order valence-electron chi connectivity index (χ2n) is 8.86. The molecule has 1 N–H and O–H groups in total. The zero-order chi connectivity index (χ0) is 28.1. The van der Waals surface area contributed by atoms with Gasteiger partial charge in [-0.05, 0) is 51.7 Å². The van der Waals surface area contributed by atoms with Gasteiger partial charge in [-0.15, -0.1) is 11.3 Å². The topological polar surface area (TPSA) is 94.8 Å². The molecule has 0 saturated carbocycles. The molecule has 0 fully saturated rings. The summed E-state index contributed by atoms with van der Waals surface area (Å²) in [6.07, 6.45) is 2.89. The minimum Gasteiger partial charge on any atom is -0.493 e. The molecule has 0 unspecified atom stereocenters. The van der Waals surface area contributed by atoms with E-state index < -0.39 is 5.91 Å². The molecule has 0 aliphatic rings. The van der Waals surface area contributed by atoms with E-state index in [2.05, 4.69) is 31.4 Å². The van der Waals surface area contributed by atoms with Gasteiger partial charge < -0.3 is 9.47 Å². The molecule has 0 radical (unpaired) electrons. The number of nitrogens with zero attached hydrogens (tertiary/aromatic N) is 3. The lowest BCUT2D eigenvalue weighted by Crippen LogP contribution is -2.30. The van der Waals surface area contributed by atoms with Gasteiger partial charge in [0.2, 0.25) is 0 Å². The maximum absolute atomic E-state index is 13.3. The third-order valence-corrected chi connectivity index (χ3v) is 7.71. The van der Waals surface area contributed by atoms with Gasteiger partial charge >= 0.3 is 0 Å². The molecule has 0 spiro atoms. The van der Waals surface area contributed by atoms with Crippen molar-refractivity contribution in [3.8, 4) is 22.6 Å². The van der Waals surface area contributed by atoms with Crippen molar-refractivity contribution in [3.05, 3.63) is 110 Å². The fraction of sp³-hybridized carbons (Fsp3) is 0.133. The van der Waals surface area contributed by atoms with Crippen molar-refractivity contribution < 1.29 is 14.3 Å². The predicted octanol–water partition coefficient (Wildman–Crippen LogP) is 5.93. The van der Waals surface area contributed by atoms with Crippen molar-refractivity contribution >= 4 is 49.6 Å². The van der Waals surface area contributed by atoms with E-state index in [1.807, 2.05) is 73.7 Å². The molecule has 202 valence electrons. The van der Waals surface area contributed by atoms with E-state index in [0.717, 1.165) is 21.6 Å². The molecule has 0 atom stereocenters. The summed E-state index contributed by atoms with van der Waals surface area (Å²) in [5, 5.41) is 4.58. The average Bonchev–Trinajstić information content (AvgIpc) is 3.31. The molecule has 1 amide bonds. The number of ether oxygens (including phenoxy) is 2. The molecular formula is C30H25BrN4O4S. The smallest absolute Gasteiger partial charge is 0.263 e. The Kier molecular flexibility index (Phi) is 8.37. The maximum Gasteiger partial charge on any atom is 0.263 e.